The molecule has 0 aliphatic heterocycles. The lowest BCUT2D eigenvalue weighted by Crippen LogP contribution is -2.17. The van der Waals surface area contributed by atoms with Gasteiger partial charge in [-0.15, -0.1) is 0 Å². The number of ketones is 1. The minimum Gasteiger partial charge on any atom is -0.476 e. The lowest BCUT2D eigenvalue weighted by atomic mass is 10.3. The van der Waals surface area contributed by atoms with Crippen LogP contribution in [0, 0.1) is 0 Å². The molecule has 0 saturated heterocycles. The molecule has 2 N–H and O–H groups in total. The fourth-order valence-corrected chi connectivity index (χ4v) is 3.04. The summed E-state index contributed by atoms with van der Waals surface area (Å²) in [7, 11) is -0.863. The van der Waals surface area contributed by atoms with E-state index < -0.39 is 16.8 Å². The fraction of sp³-hybridized carbons (Fsp3) is 0.545. The molecule has 0 aromatic carbocycles. The van der Waals surface area contributed by atoms with Crippen LogP contribution in [-0.4, -0.2) is 44.1 Å². The molecule has 1 rings (SSSR count). The lowest BCUT2D eigenvalue weighted by molar-refractivity contribution is 0.0687. The molecule has 0 spiro atoms. The molecule has 1 aromatic rings. The molecule has 0 amide bonds. The van der Waals surface area contributed by atoms with E-state index in [4.69, 9.17) is 5.11 Å². The monoisotopic (exact) mass is 304 g/mol. The van der Waals surface area contributed by atoms with Gasteiger partial charge in [0.15, 0.2) is 16.6 Å². The van der Waals surface area contributed by atoms with Crippen LogP contribution in [0.5, 0.6) is 0 Å². The van der Waals surface area contributed by atoms with Crippen LogP contribution in [0.15, 0.2) is 0 Å². The van der Waals surface area contributed by atoms with E-state index in [9.17, 15) is 13.8 Å². The quantitative estimate of drug-likeness (QED) is 0.743. The first kappa shape index (κ1) is 15.8. The van der Waals surface area contributed by atoms with Gasteiger partial charge in [0.25, 0.3) is 0 Å². The van der Waals surface area contributed by atoms with Crippen LogP contribution in [0.4, 0.5) is 5.13 Å². The highest BCUT2D eigenvalue weighted by atomic mass is 32.2. The predicted molar refractivity (Wildman–Crippen MR) is 75.7 cm³/mol. The van der Waals surface area contributed by atoms with E-state index in [1.807, 2.05) is 6.92 Å². The van der Waals surface area contributed by atoms with Crippen LogP contribution < -0.4 is 5.32 Å². The number of thiazole rings is 1. The minimum atomic E-state index is -1.21. The van der Waals surface area contributed by atoms with E-state index in [2.05, 4.69) is 10.3 Å². The summed E-state index contributed by atoms with van der Waals surface area (Å²) in [5.74, 6) is -0.965. The van der Waals surface area contributed by atoms with Gasteiger partial charge in [0.05, 0.1) is 0 Å². The molecule has 0 aliphatic carbocycles. The number of hydrogen-bond acceptors (Lipinski definition) is 6. The van der Waals surface area contributed by atoms with Gasteiger partial charge >= 0.3 is 5.97 Å². The van der Waals surface area contributed by atoms with E-state index in [0.717, 1.165) is 11.3 Å². The zero-order chi connectivity index (χ0) is 14.6. The number of anilines is 1. The van der Waals surface area contributed by atoms with E-state index in [1.54, 1.807) is 6.26 Å². The Kier molecular flexibility index (Phi) is 5.61. The molecule has 8 heteroatoms. The second kappa shape index (κ2) is 6.76. The Labute approximate surface area is 117 Å². The number of carboxylic acid groups (broad SMARTS) is 1. The number of carboxylic acids is 1. The largest absolute Gasteiger partial charge is 0.476 e. The Bertz CT molecular complexity index is 481. The summed E-state index contributed by atoms with van der Waals surface area (Å²) >= 11 is 1.03. The normalized spacial score (nSPS) is 13.8. The van der Waals surface area contributed by atoms with Gasteiger partial charge in [-0.1, -0.05) is 11.3 Å². The number of carbonyl (C=O) groups excluding carboxylic acids is 1. The highest BCUT2D eigenvalue weighted by Crippen LogP contribution is 2.24. The molecule has 1 heterocycles. The second-order valence-electron chi connectivity index (χ2n) is 4.17. The number of nitrogens with one attached hydrogen (secondary N) is 1. The third-order valence-corrected chi connectivity index (χ3v) is 4.26. The Balaban J connectivity index is 2.79. The summed E-state index contributed by atoms with van der Waals surface area (Å²) in [6.07, 6.45) is 2.31. The van der Waals surface area contributed by atoms with Gasteiger partial charge in [0, 0.05) is 35.8 Å². The van der Waals surface area contributed by atoms with Crippen LogP contribution in [0.1, 0.15) is 40.4 Å². The van der Waals surface area contributed by atoms with Crippen molar-refractivity contribution in [3.8, 4) is 0 Å². The molecule has 0 fully saturated rings. The lowest BCUT2D eigenvalue weighted by Gasteiger charge is -2.11. The van der Waals surface area contributed by atoms with E-state index >= 15 is 0 Å². The fourth-order valence-electron chi connectivity index (χ4n) is 1.39. The maximum atomic E-state index is 11.3. The Morgan fingerprint density at radius 3 is 2.58 bits per heavy atom. The molecule has 0 radical (unpaired) electrons. The average molecular weight is 304 g/mol. The van der Waals surface area contributed by atoms with Crippen LogP contribution in [0.2, 0.25) is 0 Å². The van der Waals surface area contributed by atoms with Crippen molar-refractivity contribution < 1.29 is 18.9 Å². The smallest absolute Gasteiger partial charge is 0.356 e. The third-order valence-electron chi connectivity index (χ3n) is 2.36. The van der Waals surface area contributed by atoms with Gasteiger partial charge < -0.3 is 10.4 Å². The molecular formula is C11H16N2O4S2. The first-order valence-electron chi connectivity index (χ1n) is 5.63. The SMILES string of the molecule is CC(=O)c1sc(NC(C)CCS(C)=O)nc1C(=O)O. The number of carbonyl (C=O) groups is 2. The molecule has 19 heavy (non-hydrogen) atoms. The molecule has 1 aromatic heterocycles. The maximum Gasteiger partial charge on any atom is 0.356 e. The number of hydrogen-bond donors (Lipinski definition) is 2. The molecule has 2 atom stereocenters. The first-order chi connectivity index (χ1) is 8.81. The van der Waals surface area contributed by atoms with Crippen molar-refractivity contribution in [3.63, 3.8) is 0 Å². The van der Waals surface area contributed by atoms with Crippen molar-refractivity contribution in [1.29, 1.82) is 0 Å². The number of nitrogens with zero attached hydrogens (tertiary/aromatic N) is 1. The molecule has 0 bridgehead atoms. The third kappa shape index (κ3) is 4.71. The van der Waals surface area contributed by atoms with Crippen molar-refractivity contribution in [3.05, 3.63) is 10.6 Å². The number of Topliss-reactive ketones (excluding diaryl/α,β-unsaturated/α-hetero) is 1. The van der Waals surface area contributed by atoms with Crippen LogP contribution in [-0.2, 0) is 10.8 Å². The van der Waals surface area contributed by atoms with Gasteiger partial charge in [-0.3, -0.25) is 9.00 Å². The van der Waals surface area contributed by atoms with Crippen molar-refractivity contribution >= 4 is 39.0 Å². The summed E-state index contributed by atoms with van der Waals surface area (Å²) in [6.45, 7) is 3.20. The summed E-state index contributed by atoms with van der Waals surface area (Å²) in [4.78, 5) is 26.3. The van der Waals surface area contributed by atoms with Crippen LogP contribution >= 0.6 is 11.3 Å². The standard InChI is InChI=1S/C11H16N2O4S2/c1-6(4-5-19(3)17)12-11-13-8(10(15)16)9(18-11)7(2)14/h6H,4-5H2,1-3H3,(H,12,13)(H,15,16). The van der Waals surface area contributed by atoms with E-state index in [-0.39, 0.29) is 22.4 Å². The van der Waals surface area contributed by atoms with Crippen LogP contribution in [0.25, 0.3) is 0 Å². The predicted octanol–water partition coefficient (Wildman–Crippen LogP) is 1.61. The van der Waals surface area contributed by atoms with Gasteiger partial charge in [0.2, 0.25) is 0 Å². The Morgan fingerprint density at radius 1 is 1.53 bits per heavy atom. The van der Waals surface area contributed by atoms with E-state index in [1.165, 1.54) is 6.92 Å². The molecule has 0 saturated carbocycles. The summed E-state index contributed by atoms with van der Waals surface area (Å²) in [5.41, 5.74) is -0.216. The topological polar surface area (TPSA) is 96.4 Å². The first-order valence-corrected chi connectivity index (χ1v) is 8.17. The highest BCUT2D eigenvalue weighted by Gasteiger charge is 2.21. The molecule has 106 valence electrons. The molecular weight excluding hydrogens is 288 g/mol. The van der Waals surface area contributed by atoms with Gasteiger partial charge in [0.1, 0.15) is 4.88 Å². The minimum absolute atomic E-state index is 0.0107. The number of aromatic carboxylic acids is 1. The van der Waals surface area contributed by atoms with Gasteiger partial charge in [-0.25, -0.2) is 9.78 Å². The summed E-state index contributed by atoms with van der Waals surface area (Å²) < 4.78 is 11.0. The summed E-state index contributed by atoms with van der Waals surface area (Å²) in [6, 6.07) is 0.0107. The van der Waals surface area contributed by atoms with Crippen molar-refractivity contribution in [1.82, 2.24) is 4.98 Å². The number of aromatic nitrogens is 1. The van der Waals surface area contributed by atoms with E-state index in [0.29, 0.717) is 17.3 Å². The molecule has 0 aliphatic rings. The van der Waals surface area contributed by atoms with Gasteiger partial charge in [-0.2, -0.15) is 0 Å². The Hall–Kier alpha value is -1.28. The Morgan fingerprint density at radius 2 is 2.16 bits per heavy atom. The summed E-state index contributed by atoms with van der Waals surface area (Å²) in [5, 5.41) is 12.4. The zero-order valence-corrected chi connectivity index (χ0v) is 12.6. The maximum absolute atomic E-state index is 11.3. The number of rotatable bonds is 7. The highest BCUT2D eigenvalue weighted by molar-refractivity contribution is 7.84. The molecule has 2 unspecified atom stereocenters. The molecule has 6 nitrogen and oxygen atoms in total. The van der Waals surface area contributed by atoms with Crippen molar-refractivity contribution in [2.24, 2.45) is 0 Å². The average Bonchev–Trinajstić information content (AvgIpc) is 2.70. The van der Waals surface area contributed by atoms with Crippen molar-refractivity contribution in [2.75, 3.05) is 17.3 Å². The van der Waals surface area contributed by atoms with Gasteiger partial charge in [-0.05, 0) is 13.3 Å². The zero-order valence-electron chi connectivity index (χ0n) is 10.9. The second-order valence-corrected chi connectivity index (χ2v) is 6.72. The van der Waals surface area contributed by atoms with Crippen LogP contribution in [0.3, 0.4) is 0 Å². The van der Waals surface area contributed by atoms with Crippen molar-refractivity contribution in [2.45, 2.75) is 26.3 Å².